The van der Waals surface area contributed by atoms with E-state index < -0.39 is 40.7 Å². The highest BCUT2D eigenvalue weighted by atomic mass is 19.1. The average molecular weight is 453 g/mol. The zero-order valence-corrected chi connectivity index (χ0v) is 19.3. The molecule has 2 fully saturated rings. The third-order valence-electron chi connectivity index (χ3n) is 7.65. The Morgan fingerprint density at radius 3 is 2.44 bits per heavy atom. The number of piperidine rings is 1. The summed E-state index contributed by atoms with van der Waals surface area (Å²) in [4.78, 5) is 12.4. The van der Waals surface area contributed by atoms with Gasteiger partial charge in [-0.1, -0.05) is 39.0 Å². The molecule has 1 aromatic carbocycles. The highest BCUT2D eigenvalue weighted by molar-refractivity contribution is 5.78. The molecule has 0 bridgehead atoms. The molecule has 5 nitrogen and oxygen atoms in total. The van der Waals surface area contributed by atoms with Gasteiger partial charge in [-0.3, -0.25) is 4.79 Å². The van der Waals surface area contributed by atoms with Gasteiger partial charge in [-0.2, -0.15) is 0 Å². The molecule has 1 aliphatic carbocycles. The molecule has 1 saturated carbocycles. The van der Waals surface area contributed by atoms with Crippen LogP contribution in [0.3, 0.4) is 0 Å². The van der Waals surface area contributed by atoms with Crippen molar-refractivity contribution >= 4 is 5.91 Å². The molecule has 1 heterocycles. The monoisotopic (exact) mass is 452 g/mol. The Bertz CT molecular complexity index is 790. The summed E-state index contributed by atoms with van der Waals surface area (Å²) in [5.41, 5.74) is 3.11. The number of amides is 1. The van der Waals surface area contributed by atoms with E-state index in [4.69, 9.17) is 5.73 Å². The van der Waals surface area contributed by atoms with Crippen molar-refractivity contribution in [2.75, 3.05) is 0 Å². The first-order chi connectivity index (χ1) is 15.0. The zero-order valence-electron chi connectivity index (χ0n) is 19.3. The second-order valence-electron chi connectivity index (χ2n) is 10.4. The summed E-state index contributed by atoms with van der Waals surface area (Å²) in [6.45, 7) is 3.63. The van der Waals surface area contributed by atoms with Crippen LogP contribution in [0.15, 0.2) is 18.2 Å². The van der Waals surface area contributed by atoms with Crippen molar-refractivity contribution in [3.8, 4) is 0 Å². The molecule has 1 saturated heterocycles. The molecule has 7 heteroatoms. The summed E-state index contributed by atoms with van der Waals surface area (Å²) in [7, 11) is 0. The Hall–Kier alpha value is -1.57. The minimum absolute atomic E-state index is 0.0877. The number of rotatable bonds is 8. The smallest absolute Gasteiger partial charge is 0.223 e. The van der Waals surface area contributed by atoms with Gasteiger partial charge in [-0.25, -0.2) is 8.78 Å². The fourth-order valence-corrected chi connectivity index (χ4v) is 5.95. The lowest BCUT2D eigenvalue weighted by Crippen LogP contribution is -2.69. The summed E-state index contributed by atoms with van der Waals surface area (Å²) in [6, 6.07) is 2.50. The molecular weight excluding hydrogens is 414 g/mol. The number of unbranched alkanes of at least 4 members (excludes halogenated alkanes) is 1. The van der Waals surface area contributed by atoms with Crippen LogP contribution in [-0.4, -0.2) is 38.9 Å². The third kappa shape index (κ3) is 5.67. The van der Waals surface area contributed by atoms with Crippen LogP contribution >= 0.6 is 0 Å². The highest BCUT2D eigenvalue weighted by Gasteiger charge is 2.54. The van der Waals surface area contributed by atoms with E-state index in [1.54, 1.807) is 6.92 Å². The minimum Gasteiger partial charge on any atom is -0.390 e. The Morgan fingerprint density at radius 1 is 1.25 bits per heavy atom. The topological polar surface area (TPSA) is 95.6 Å². The van der Waals surface area contributed by atoms with Gasteiger partial charge in [0, 0.05) is 17.6 Å². The molecule has 180 valence electrons. The molecule has 3 rings (SSSR count). The van der Waals surface area contributed by atoms with Gasteiger partial charge in [0.25, 0.3) is 0 Å². The predicted molar refractivity (Wildman–Crippen MR) is 120 cm³/mol. The maximum absolute atomic E-state index is 13.7. The molecule has 5 N–H and O–H groups in total. The molecule has 1 aliphatic heterocycles. The van der Waals surface area contributed by atoms with Gasteiger partial charge >= 0.3 is 0 Å². The normalized spacial score (nSPS) is 28.2. The fourth-order valence-electron chi connectivity index (χ4n) is 5.95. The average Bonchev–Trinajstić information content (AvgIpc) is 2.69. The van der Waals surface area contributed by atoms with Crippen LogP contribution in [0.5, 0.6) is 0 Å². The van der Waals surface area contributed by atoms with Crippen molar-refractivity contribution < 1.29 is 23.8 Å². The largest absolute Gasteiger partial charge is 0.390 e. The van der Waals surface area contributed by atoms with Crippen LogP contribution in [0.4, 0.5) is 8.78 Å². The van der Waals surface area contributed by atoms with Gasteiger partial charge in [0.15, 0.2) is 0 Å². The number of aliphatic hydroxyl groups is 2. The number of hydrogen-bond donors (Lipinski definition) is 4. The van der Waals surface area contributed by atoms with Crippen molar-refractivity contribution in [1.82, 2.24) is 5.32 Å². The van der Waals surface area contributed by atoms with E-state index in [-0.39, 0.29) is 17.5 Å². The van der Waals surface area contributed by atoms with Gasteiger partial charge < -0.3 is 21.3 Å². The van der Waals surface area contributed by atoms with E-state index in [2.05, 4.69) is 12.2 Å². The van der Waals surface area contributed by atoms with Gasteiger partial charge in [-0.15, -0.1) is 0 Å². The minimum atomic E-state index is -1.61. The number of carbonyl (C=O) groups is 1. The van der Waals surface area contributed by atoms with Gasteiger partial charge in [0.05, 0.1) is 17.1 Å². The van der Waals surface area contributed by atoms with E-state index in [1.807, 2.05) is 0 Å². The Kier molecular flexibility index (Phi) is 7.62. The van der Waals surface area contributed by atoms with E-state index in [0.29, 0.717) is 19.3 Å². The molecule has 1 amide bonds. The molecule has 1 spiro atoms. The Labute approximate surface area is 189 Å². The van der Waals surface area contributed by atoms with Crippen molar-refractivity contribution in [3.05, 3.63) is 35.4 Å². The van der Waals surface area contributed by atoms with Crippen LogP contribution in [0.1, 0.15) is 83.6 Å². The molecule has 0 radical (unpaired) electrons. The predicted octanol–water partition coefficient (Wildman–Crippen LogP) is 3.74. The molecule has 32 heavy (non-hydrogen) atoms. The van der Waals surface area contributed by atoms with Crippen LogP contribution in [0.2, 0.25) is 0 Å². The highest BCUT2D eigenvalue weighted by Crippen LogP contribution is 2.45. The maximum Gasteiger partial charge on any atom is 0.223 e. The van der Waals surface area contributed by atoms with Crippen LogP contribution in [0.25, 0.3) is 0 Å². The molecule has 2 aliphatic rings. The van der Waals surface area contributed by atoms with Crippen molar-refractivity contribution in [3.63, 3.8) is 0 Å². The number of benzene rings is 1. The fraction of sp³-hybridized carbons (Fsp3) is 0.720. The van der Waals surface area contributed by atoms with Crippen molar-refractivity contribution in [1.29, 1.82) is 0 Å². The summed E-state index contributed by atoms with van der Waals surface area (Å²) < 4.78 is 27.5. The summed E-state index contributed by atoms with van der Waals surface area (Å²) >= 11 is 0. The first kappa shape index (κ1) is 25.1. The van der Waals surface area contributed by atoms with Crippen LogP contribution < -0.4 is 11.1 Å². The molecule has 0 aromatic heterocycles. The van der Waals surface area contributed by atoms with E-state index in [0.717, 1.165) is 63.1 Å². The first-order valence-corrected chi connectivity index (χ1v) is 12.0. The molecule has 4 unspecified atom stereocenters. The van der Waals surface area contributed by atoms with Crippen LogP contribution in [0, 0.1) is 17.6 Å². The number of primary amides is 1. The lowest BCUT2D eigenvalue weighted by atomic mass is 9.64. The second kappa shape index (κ2) is 9.74. The SMILES string of the molecule is CCCCC1(O)CC(C(C)(O)C(Cc2cc(F)cc(F)c2)C(N)=O)NC2(CCCCC2)C1. The standard InChI is InChI=1S/C25H38F2N2O3/c1-3-4-10-25(32)15-21(29-24(16-25)8-6-5-7-9-24)23(2,31)20(22(28)30)13-17-11-18(26)14-19(27)12-17/h11-12,14,20-21,29,31-32H,3-10,13,15-16H2,1-2H3,(H2,28,30). The number of halogens is 2. The van der Waals surface area contributed by atoms with E-state index in [9.17, 15) is 23.8 Å². The lowest BCUT2D eigenvalue weighted by molar-refractivity contribution is -0.144. The number of carbonyl (C=O) groups excluding carboxylic acids is 1. The Balaban J connectivity index is 1.91. The summed E-state index contributed by atoms with van der Waals surface area (Å²) in [5, 5.41) is 26.9. The third-order valence-corrected chi connectivity index (χ3v) is 7.65. The number of hydrogen-bond acceptors (Lipinski definition) is 4. The maximum atomic E-state index is 13.7. The number of nitrogens with one attached hydrogen (secondary N) is 1. The quantitative estimate of drug-likeness (QED) is 0.483. The second-order valence-corrected chi connectivity index (χ2v) is 10.4. The van der Waals surface area contributed by atoms with Crippen molar-refractivity contribution in [2.24, 2.45) is 11.7 Å². The van der Waals surface area contributed by atoms with Crippen LogP contribution in [-0.2, 0) is 11.2 Å². The van der Waals surface area contributed by atoms with E-state index >= 15 is 0 Å². The van der Waals surface area contributed by atoms with Crippen molar-refractivity contribution in [2.45, 2.75) is 107 Å². The summed E-state index contributed by atoms with van der Waals surface area (Å²) in [5.74, 6) is -3.29. The molecule has 4 atom stereocenters. The zero-order chi connectivity index (χ0) is 23.6. The Morgan fingerprint density at radius 2 is 1.88 bits per heavy atom. The molecule has 1 aromatic rings. The first-order valence-electron chi connectivity index (χ1n) is 12.0. The van der Waals surface area contributed by atoms with Gasteiger partial charge in [-0.05, 0) is 63.1 Å². The van der Waals surface area contributed by atoms with E-state index in [1.165, 1.54) is 0 Å². The van der Waals surface area contributed by atoms with Gasteiger partial charge in [0.1, 0.15) is 11.6 Å². The number of nitrogens with two attached hydrogens (primary N) is 1. The molecular formula is C25H38F2N2O3. The van der Waals surface area contributed by atoms with Gasteiger partial charge in [0.2, 0.25) is 5.91 Å². The lowest BCUT2D eigenvalue weighted by Gasteiger charge is -2.55. The summed E-state index contributed by atoms with van der Waals surface area (Å²) in [6.07, 6.45) is 8.36.